The number of anilines is 1. The van der Waals surface area contributed by atoms with E-state index < -0.39 is 0 Å². The minimum absolute atomic E-state index is 0.0779. The molecule has 1 aliphatic carbocycles. The summed E-state index contributed by atoms with van der Waals surface area (Å²) in [5.41, 5.74) is 3.92. The first-order valence-electron chi connectivity index (χ1n) is 9.18. The topological polar surface area (TPSA) is 59.6 Å². The first-order chi connectivity index (χ1) is 13.2. The third kappa shape index (κ3) is 2.83. The Labute approximate surface area is 159 Å². The average Bonchev–Trinajstić information content (AvgIpc) is 3.21. The second kappa shape index (κ2) is 6.99. The molecule has 4 rings (SSSR count). The van der Waals surface area contributed by atoms with Crippen LogP contribution in [0.3, 0.4) is 0 Å². The zero-order chi connectivity index (χ0) is 19.0. The largest absolute Gasteiger partial charge is 0.493 e. The number of rotatable bonds is 4. The molecular weight excluding hydrogens is 340 g/mol. The highest BCUT2D eigenvalue weighted by Crippen LogP contribution is 2.51. The fourth-order valence-corrected chi connectivity index (χ4v) is 4.32. The molecule has 1 amide bonds. The number of hydrogen-bond donors (Lipinski definition) is 2. The highest BCUT2D eigenvalue weighted by Gasteiger charge is 2.39. The van der Waals surface area contributed by atoms with Crippen molar-refractivity contribution in [2.24, 2.45) is 5.92 Å². The number of benzene rings is 2. The van der Waals surface area contributed by atoms with Gasteiger partial charge < -0.3 is 20.1 Å². The molecule has 0 radical (unpaired) electrons. The van der Waals surface area contributed by atoms with E-state index in [0.29, 0.717) is 28.9 Å². The van der Waals surface area contributed by atoms with E-state index in [1.54, 1.807) is 21.3 Å². The molecule has 3 atom stereocenters. The number of methoxy groups -OCH3 is 2. The number of fused-ring (bicyclic) bond motifs is 3. The average molecular weight is 364 g/mol. The molecule has 2 aromatic carbocycles. The molecule has 140 valence electrons. The van der Waals surface area contributed by atoms with Crippen LogP contribution < -0.4 is 20.1 Å². The van der Waals surface area contributed by atoms with E-state index in [4.69, 9.17) is 9.47 Å². The van der Waals surface area contributed by atoms with Crippen molar-refractivity contribution in [2.45, 2.75) is 18.4 Å². The lowest BCUT2D eigenvalue weighted by atomic mass is 9.76. The molecule has 0 saturated heterocycles. The number of carbonyl (C=O) groups is 1. The normalized spacial score (nSPS) is 22.4. The fraction of sp³-hybridized carbons (Fsp3) is 0.318. The van der Waals surface area contributed by atoms with Crippen molar-refractivity contribution >= 4 is 11.6 Å². The van der Waals surface area contributed by atoms with Gasteiger partial charge in [0.1, 0.15) is 0 Å². The van der Waals surface area contributed by atoms with E-state index in [9.17, 15) is 4.79 Å². The molecule has 1 aliphatic heterocycles. The second-order valence-corrected chi connectivity index (χ2v) is 6.94. The summed E-state index contributed by atoms with van der Waals surface area (Å²) in [6.07, 6.45) is 5.51. The van der Waals surface area contributed by atoms with E-state index in [1.807, 2.05) is 24.3 Å². The molecule has 27 heavy (non-hydrogen) atoms. The molecule has 5 heteroatoms. The Morgan fingerprint density at radius 3 is 2.70 bits per heavy atom. The number of ether oxygens (including phenoxy) is 2. The van der Waals surface area contributed by atoms with Crippen molar-refractivity contribution in [3.8, 4) is 11.5 Å². The summed E-state index contributed by atoms with van der Waals surface area (Å²) in [7, 11) is 4.95. The van der Waals surface area contributed by atoms with Crippen molar-refractivity contribution in [1.82, 2.24) is 5.32 Å². The zero-order valence-electron chi connectivity index (χ0n) is 15.8. The molecule has 5 nitrogen and oxygen atoms in total. The lowest BCUT2D eigenvalue weighted by Crippen LogP contribution is -2.31. The molecule has 0 aromatic heterocycles. The number of allylic oxidation sites excluding steroid dienone is 2. The number of carbonyl (C=O) groups excluding carboxylic acids is 1. The van der Waals surface area contributed by atoms with Crippen LogP contribution in [0.5, 0.6) is 11.5 Å². The van der Waals surface area contributed by atoms with Gasteiger partial charge in [-0.15, -0.1) is 0 Å². The van der Waals surface area contributed by atoms with Gasteiger partial charge in [0.15, 0.2) is 11.5 Å². The fourth-order valence-electron chi connectivity index (χ4n) is 4.32. The van der Waals surface area contributed by atoms with Gasteiger partial charge in [0, 0.05) is 13.0 Å². The van der Waals surface area contributed by atoms with Gasteiger partial charge in [-0.05, 0) is 41.7 Å². The molecule has 3 unspecified atom stereocenters. The molecule has 0 fully saturated rings. The van der Waals surface area contributed by atoms with Gasteiger partial charge in [-0.3, -0.25) is 4.79 Å². The SMILES string of the molecule is CNC(=O)c1cccc2c1NC(c1ccc(OC)c(OC)c1)C1CC=CC21. The lowest BCUT2D eigenvalue weighted by molar-refractivity contribution is 0.0963. The maximum absolute atomic E-state index is 12.4. The number of hydrogen-bond acceptors (Lipinski definition) is 4. The Morgan fingerprint density at radius 1 is 1.15 bits per heavy atom. The van der Waals surface area contributed by atoms with E-state index >= 15 is 0 Å². The predicted molar refractivity (Wildman–Crippen MR) is 106 cm³/mol. The van der Waals surface area contributed by atoms with Crippen molar-refractivity contribution in [3.63, 3.8) is 0 Å². The van der Waals surface area contributed by atoms with Gasteiger partial charge in [-0.1, -0.05) is 30.4 Å². The Balaban J connectivity index is 1.80. The smallest absolute Gasteiger partial charge is 0.253 e. The Bertz CT molecular complexity index is 906. The van der Waals surface area contributed by atoms with Crippen LogP contribution >= 0.6 is 0 Å². The van der Waals surface area contributed by atoms with Crippen LogP contribution in [-0.4, -0.2) is 27.2 Å². The molecule has 0 saturated carbocycles. The maximum atomic E-state index is 12.4. The van der Waals surface area contributed by atoms with Gasteiger partial charge in [0.05, 0.1) is 31.5 Å². The van der Waals surface area contributed by atoms with Crippen LogP contribution in [0.4, 0.5) is 5.69 Å². The highest BCUT2D eigenvalue weighted by molar-refractivity contribution is 6.00. The number of nitrogens with one attached hydrogen (secondary N) is 2. The van der Waals surface area contributed by atoms with Gasteiger partial charge in [0.2, 0.25) is 0 Å². The molecule has 2 N–H and O–H groups in total. The third-order valence-electron chi connectivity index (χ3n) is 5.64. The Kier molecular flexibility index (Phi) is 4.52. The first kappa shape index (κ1) is 17.5. The van der Waals surface area contributed by atoms with Crippen molar-refractivity contribution in [3.05, 3.63) is 65.2 Å². The van der Waals surface area contributed by atoms with Crippen LogP contribution in [-0.2, 0) is 0 Å². The minimum Gasteiger partial charge on any atom is -0.493 e. The highest BCUT2D eigenvalue weighted by atomic mass is 16.5. The molecular formula is C22H24N2O3. The van der Waals surface area contributed by atoms with Crippen LogP contribution in [0.25, 0.3) is 0 Å². The van der Waals surface area contributed by atoms with Gasteiger partial charge in [0.25, 0.3) is 5.91 Å². The standard InChI is InChI=1S/C22H24N2O3/c1-23-22(25)17-9-5-8-16-14-6-4-7-15(14)20(24-21(16)17)13-10-11-18(26-2)19(12-13)27-3/h4-6,8-12,14-15,20,24H,7H2,1-3H3,(H,23,25). The number of para-hydroxylation sites is 1. The summed E-state index contributed by atoms with van der Waals surface area (Å²) in [6, 6.07) is 12.1. The predicted octanol–water partition coefficient (Wildman–Crippen LogP) is 3.89. The van der Waals surface area contributed by atoms with Gasteiger partial charge in [-0.25, -0.2) is 0 Å². The summed E-state index contributed by atoms with van der Waals surface area (Å²) in [5.74, 6) is 2.04. The summed E-state index contributed by atoms with van der Waals surface area (Å²) < 4.78 is 10.9. The molecule has 2 aliphatic rings. The first-order valence-corrected chi connectivity index (χ1v) is 9.18. The van der Waals surface area contributed by atoms with Crippen molar-refractivity contribution in [1.29, 1.82) is 0 Å². The number of amides is 1. The quantitative estimate of drug-likeness (QED) is 0.808. The van der Waals surface area contributed by atoms with Crippen LogP contribution in [0.1, 0.15) is 39.9 Å². The molecule has 0 spiro atoms. The summed E-state index contributed by atoms with van der Waals surface area (Å²) >= 11 is 0. The van der Waals surface area contributed by atoms with E-state index in [2.05, 4.69) is 34.9 Å². The van der Waals surface area contributed by atoms with E-state index in [-0.39, 0.29) is 11.9 Å². The monoisotopic (exact) mass is 364 g/mol. The van der Waals surface area contributed by atoms with E-state index in [1.165, 1.54) is 5.56 Å². The lowest BCUT2D eigenvalue weighted by Gasteiger charge is -2.38. The molecule has 2 aromatic rings. The van der Waals surface area contributed by atoms with Gasteiger partial charge in [-0.2, -0.15) is 0 Å². The molecule has 0 bridgehead atoms. The zero-order valence-corrected chi connectivity index (χ0v) is 15.8. The Morgan fingerprint density at radius 2 is 1.96 bits per heavy atom. The Hall–Kier alpha value is -2.95. The third-order valence-corrected chi connectivity index (χ3v) is 5.64. The van der Waals surface area contributed by atoms with Crippen LogP contribution in [0, 0.1) is 5.92 Å². The van der Waals surface area contributed by atoms with Crippen LogP contribution in [0.15, 0.2) is 48.6 Å². The summed E-state index contributed by atoms with van der Waals surface area (Å²) in [4.78, 5) is 12.4. The van der Waals surface area contributed by atoms with Crippen molar-refractivity contribution < 1.29 is 14.3 Å². The summed E-state index contributed by atoms with van der Waals surface area (Å²) in [5, 5.41) is 6.41. The van der Waals surface area contributed by atoms with Gasteiger partial charge >= 0.3 is 0 Å². The van der Waals surface area contributed by atoms with Crippen molar-refractivity contribution in [2.75, 3.05) is 26.6 Å². The molecule has 1 heterocycles. The summed E-state index contributed by atoms with van der Waals surface area (Å²) in [6.45, 7) is 0. The minimum atomic E-state index is -0.0779. The maximum Gasteiger partial charge on any atom is 0.253 e. The van der Waals surface area contributed by atoms with Crippen LogP contribution in [0.2, 0.25) is 0 Å². The second-order valence-electron chi connectivity index (χ2n) is 6.94. The van der Waals surface area contributed by atoms with E-state index in [0.717, 1.165) is 17.7 Å².